The van der Waals surface area contributed by atoms with Crippen LogP contribution in [-0.2, 0) is 6.54 Å². The number of aliphatic hydroxyl groups excluding tert-OH is 1. The smallest absolute Gasteiger partial charge is 0.149 e. The van der Waals surface area contributed by atoms with Crippen LogP contribution in [0.2, 0.25) is 5.02 Å². The van der Waals surface area contributed by atoms with E-state index in [1.54, 1.807) is 0 Å². The largest absolute Gasteiger partial charge is 0.372 e. The fourth-order valence-corrected chi connectivity index (χ4v) is 4.41. The minimum atomic E-state index is -0.657. The van der Waals surface area contributed by atoms with E-state index in [0.717, 1.165) is 53.2 Å². The highest BCUT2D eigenvalue weighted by atomic mass is 35.5. The number of fused-ring (bicyclic) bond motifs is 1. The van der Waals surface area contributed by atoms with Crippen molar-refractivity contribution in [2.75, 3.05) is 6.54 Å². The number of hydrogen-bond donors (Lipinski definition) is 3. The molecule has 4 rings (SSSR count). The lowest BCUT2D eigenvalue weighted by Gasteiger charge is -2.45. The average Bonchev–Trinajstić information content (AvgIpc) is 3.22. The minimum Gasteiger partial charge on any atom is -0.372 e. The van der Waals surface area contributed by atoms with E-state index in [1.807, 2.05) is 48.5 Å². The SMILES string of the molecule is CCCCC1CN(Cc2ccc(C=N)cc2)C(O)C2=CC(c3ccc(Cl)cc3)NN21. The number of rotatable bonds is 7. The molecule has 2 aliphatic heterocycles. The highest BCUT2D eigenvalue weighted by Crippen LogP contribution is 2.34. The molecule has 0 saturated carbocycles. The molecule has 2 aromatic rings. The lowest BCUT2D eigenvalue weighted by molar-refractivity contribution is -0.0587. The van der Waals surface area contributed by atoms with Crippen molar-refractivity contribution in [3.63, 3.8) is 0 Å². The summed E-state index contributed by atoms with van der Waals surface area (Å²) in [6.07, 6.45) is 6.21. The van der Waals surface area contributed by atoms with Gasteiger partial charge in [-0.2, -0.15) is 0 Å². The molecule has 0 bridgehead atoms. The molecule has 0 spiro atoms. The zero-order chi connectivity index (χ0) is 21.1. The number of nitrogens with one attached hydrogen (secondary N) is 2. The van der Waals surface area contributed by atoms with E-state index in [4.69, 9.17) is 17.0 Å². The summed E-state index contributed by atoms with van der Waals surface area (Å²) in [5.74, 6) is 0. The van der Waals surface area contributed by atoms with E-state index >= 15 is 0 Å². The lowest BCUT2D eigenvalue weighted by Crippen LogP contribution is -2.58. The predicted octanol–water partition coefficient (Wildman–Crippen LogP) is 4.48. The normalized spacial score (nSPS) is 23.9. The first-order valence-corrected chi connectivity index (χ1v) is 11.0. The Balaban J connectivity index is 1.56. The summed E-state index contributed by atoms with van der Waals surface area (Å²) in [4.78, 5) is 2.15. The van der Waals surface area contributed by atoms with Crippen LogP contribution in [-0.4, -0.2) is 40.0 Å². The van der Waals surface area contributed by atoms with Gasteiger partial charge in [0.25, 0.3) is 0 Å². The second-order valence-corrected chi connectivity index (χ2v) is 8.54. The van der Waals surface area contributed by atoms with Crippen LogP contribution in [0.25, 0.3) is 0 Å². The third-order valence-corrected chi connectivity index (χ3v) is 6.22. The zero-order valence-corrected chi connectivity index (χ0v) is 18.0. The summed E-state index contributed by atoms with van der Waals surface area (Å²) < 4.78 is 0. The molecular weight excluding hydrogens is 396 g/mol. The van der Waals surface area contributed by atoms with Crippen LogP contribution >= 0.6 is 11.6 Å². The Morgan fingerprint density at radius 1 is 1.17 bits per heavy atom. The molecule has 0 radical (unpaired) electrons. The molecule has 6 heteroatoms. The average molecular weight is 425 g/mol. The number of benzene rings is 2. The van der Waals surface area contributed by atoms with Crippen LogP contribution in [0, 0.1) is 5.41 Å². The quantitative estimate of drug-likeness (QED) is 0.573. The van der Waals surface area contributed by atoms with Gasteiger partial charge in [-0.3, -0.25) is 4.90 Å². The maximum atomic E-state index is 11.2. The second-order valence-electron chi connectivity index (χ2n) is 8.10. The Kier molecular flexibility index (Phi) is 6.54. The van der Waals surface area contributed by atoms with Gasteiger partial charge in [-0.05, 0) is 41.3 Å². The standard InChI is InChI=1S/C24H29ClN4O/c1-2-3-4-21-16-28(15-18-7-5-17(14-26)6-8-18)24(30)23-13-22(27-29(21)23)19-9-11-20(25)12-10-19/h5-14,21-22,24,26-27,30H,2-4,15-16H2,1H3. The van der Waals surface area contributed by atoms with Crippen molar-refractivity contribution in [3.8, 4) is 0 Å². The molecule has 3 N–H and O–H groups in total. The Morgan fingerprint density at radius 3 is 2.57 bits per heavy atom. The van der Waals surface area contributed by atoms with Crippen molar-refractivity contribution in [1.82, 2.24) is 15.3 Å². The first-order chi connectivity index (χ1) is 14.6. The number of piperazine rings is 1. The monoisotopic (exact) mass is 424 g/mol. The fraction of sp³-hybridized carbons (Fsp3) is 0.375. The van der Waals surface area contributed by atoms with Gasteiger partial charge in [-0.15, -0.1) is 0 Å². The Labute approximate surface area is 183 Å². The maximum absolute atomic E-state index is 11.2. The van der Waals surface area contributed by atoms with E-state index in [0.29, 0.717) is 12.6 Å². The fourth-order valence-electron chi connectivity index (χ4n) is 4.28. The number of nitrogens with zero attached hydrogens (tertiary/aromatic N) is 2. The van der Waals surface area contributed by atoms with Crippen LogP contribution in [0.5, 0.6) is 0 Å². The molecule has 0 aliphatic carbocycles. The van der Waals surface area contributed by atoms with Crippen LogP contribution in [0.1, 0.15) is 48.9 Å². The van der Waals surface area contributed by atoms with Gasteiger partial charge in [0, 0.05) is 24.3 Å². The van der Waals surface area contributed by atoms with E-state index in [-0.39, 0.29) is 6.04 Å². The van der Waals surface area contributed by atoms with Crippen molar-refractivity contribution in [2.45, 2.75) is 51.0 Å². The Bertz CT molecular complexity index is 896. The number of aliphatic hydroxyl groups is 1. The molecule has 2 aromatic carbocycles. The van der Waals surface area contributed by atoms with Crippen LogP contribution < -0.4 is 5.43 Å². The third kappa shape index (κ3) is 4.44. The third-order valence-electron chi connectivity index (χ3n) is 5.97. The van der Waals surface area contributed by atoms with E-state index < -0.39 is 6.23 Å². The van der Waals surface area contributed by atoms with Crippen molar-refractivity contribution >= 4 is 17.8 Å². The molecule has 1 saturated heterocycles. The van der Waals surface area contributed by atoms with Crippen LogP contribution in [0.15, 0.2) is 60.3 Å². The molecule has 2 heterocycles. The summed E-state index contributed by atoms with van der Waals surface area (Å²) in [6, 6.07) is 16.2. The van der Waals surface area contributed by atoms with Gasteiger partial charge in [-0.25, -0.2) is 5.43 Å². The molecule has 0 amide bonds. The molecule has 2 aliphatic rings. The second kappa shape index (κ2) is 9.31. The number of halogens is 1. The van der Waals surface area contributed by atoms with Crippen molar-refractivity contribution in [1.29, 1.82) is 5.41 Å². The summed E-state index contributed by atoms with van der Waals surface area (Å²) in [6.45, 7) is 3.69. The first kappa shape index (κ1) is 21.1. The zero-order valence-electron chi connectivity index (χ0n) is 17.3. The van der Waals surface area contributed by atoms with Crippen molar-refractivity contribution in [3.05, 3.63) is 82.0 Å². The summed E-state index contributed by atoms with van der Waals surface area (Å²) in [5, 5.41) is 21.5. The molecule has 0 aromatic heterocycles. The Morgan fingerprint density at radius 2 is 1.90 bits per heavy atom. The summed E-state index contributed by atoms with van der Waals surface area (Å²) >= 11 is 6.05. The van der Waals surface area contributed by atoms with Gasteiger partial charge in [-0.1, -0.05) is 67.8 Å². The molecule has 5 nitrogen and oxygen atoms in total. The van der Waals surface area contributed by atoms with Crippen LogP contribution in [0.3, 0.4) is 0 Å². The maximum Gasteiger partial charge on any atom is 0.149 e. The van der Waals surface area contributed by atoms with Gasteiger partial charge in [0.15, 0.2) is 0 Å². The van der Waals surface area contributed by atoms with Gasteiger partial charge >= 0.3 is 0 Å². The molecule has 158 valence electrons. The highest BCUT2D eigenvalue weighted by Gasteiger charge is 2.40. The van der Waals surface area contributed by atoms with Gasteiger partial charge in [0.05, 0.1) is 17.8 Å². The van der Waals surface area contributed by atoms with E-state index in [9.17, 15) is 5.11 Å². The first-order valence-electron chi connectivity index (χ1n) is 10.6. The lowest BCUT2D eigenvalue weighted by atomic mass is 10.0. The van der Waals surface area contributed by atoms with Crippen LogP contribution in [0.4, 0.5) is 0 Å². The molecular formula is C24H29ClN4O. The number of hydrazine groups is 1. The van der Waals surface area contributed by atoms with Gasteiger partial charge in [0.1, 0.15) is 6.23 Å². The van der Waals surface area contributed by atoms with Gasteiger partial charge < -0.3 is 15.5 Å². The molecule has 1 fully saturated rings. The molecule has 3 atom stereocenters. The summed E-state index contributed by atoms with van der Waals surface area (Å²) in [7, 11) is 0. The van der Waals surface area contributed by atoms with E-state index in [1.165, 1.54) is 6.21 Å². The topological polar surface area (TPSA) is 62.6 Å². The van der Waals surface area contributed by atoms with Crippen molar-refractivity contribution in [2.24, 2.45) is 0 Å². The minimum absolute atomic E-state index is 0.0304. The Hall–Kier alpha value is -2.18. The number of unbranched alkanes of at least 4 members (excludes halogenated alkanes) is 1. The molecule has 30 heavy (non-hydrogen) atoms. The molecule has 3 unspecified atom stereocenters. The van der Waals surface area contributed by atoms with Crippen molar-refractivity contribution < 1.29 is 5.11 Å². The number of hydrogen-bond acceptors (Lipinski definition) is 5. The predicted molar refractivity (Wildman–Crippen MR) is 121 cm³/mol. The van der Waals surface area contributed by atoms with Gasteiger partial charge in [0.2, 0.25) is 0 Å². The summed E-state index contributed by atoms with van der Waals surface area (Å²) in [5.41, 5.74) is 7.70. The highest BCUT2D eigenvalue weighted by molar-refractivity contribution is 6.30. The van der Waals surface area contributed by atoms with E-state index in [2.05, 4.69) is 28.3 Å².